The van der Waals surface area contributed by atoms with E-state index < -0.39 is 12.7 Å². The number of nitrogens with zero attached hydrogens (tertiary/aromatic N) is 3. The third-order valence-corrected chi connectivity index (χ3v) is 2.75. The molecule has 0 bridgehead atoms. The first-order valence-electron chi connectivity index (χ1n) is 4.66. The van der Waals surface area contributed by atoms with Crippen molar-refractivity contribution in [2.75, 3.05) is 23.9 Å². The van der Waals surface area contributed by atoms with Gasteiger partial charge in [0.25, 0.3) is 0 Å². The second-order valence-corrected chi connectivity index (χ2v) is 4.18. The fraction of sp³-hybridized carbons (Fsp3) is 0.750. The van der Waals surface area contributed by atoms with E-state index in [2.05, 4.69) is 9.36 Å². The van der Waals surface area contributed by atoms with Crippen LogP contribution in [0.3, 0.4) is 0 Å². The van der Waals surface area contributed by atoms with Crippen LogP contribution in [0.2, 0.25) is 0 Å². The summed E-state index contributed by atoms with van der Waals surface area (Å²) in [6, 6.07) is 0. The largest absolute Gasteiger partial charge is 0.406 e. The molecule has 0 amide bonds. The van der Waals surface area contributed by atoms with Gasteiger partial charge < -0.3 is 4.90 Å². The number of aryl methyl sites for hydroxylation is 1. The molecule has 3 nitrogen and oxygen atoms in total. The summed E-state index contributed by atoms with van der Waals surface area (Å²) >= 11 is 6.43. The molecule has 8 heteroatoms. The second-order valence-electron chi connectivity index (χ2n) is 3.07. The molecule has 0 aliphatic carbocycles. The lowest BCUT2D eigenvalue weighted by Crippen LogP contribution is -2.35. The lowest BCUT2D eigenvalue weighted by atomic mass is 10.5. The summed E-state index contributed by atoms with van der Waals surface area (Å²) in [5.41, 5.74) is 0. The molecule has 1 aromatic rings. The number of hydrogen-bond acceptors (Lipinski definition) is 4. The summed E-state index contributed by atoms with van der Waals surface area (Å²) < 4.78 is 40.8. The van der Waals surface area contributed by atoms with E-state index in [1.165, 1.54) is 0 Å². The highest BCUT2D eigenvalue weighted by molar-refractivity contribution is 7.09. The van der Waals surface area contributed by atoms with Crippen LogP contribution in [0.4, 0.5) is 18.3 Å². The molecule has 92 valence electrons. The maximum absolute atomic E-state index is 12.3. The SMILES string of the molecule is CCc1nsc(N(CCCl)CC(F)(F)F)n1. The minimum atomic E-state index is -4.26. The first kappa shape index (κ1) is 13.5. The Labute approximate surface area is 100 Å². The highest BCUT2D eigenvalue weighted by Crippen LogP contribution is 2.23. The Morgan fingerprint density at radius 1 is 1.44 bits per heavy atom. The monoisotopic (exact) mass is 273 g/mol. The summed E-state index contributed by atoms with van der Waals surface area (Å²) in [5.74, 6) is 0.679. The molecule has 0 fully saturated rings. The van der Waals surface area contributed by atoms with Gasteiger partial charge in [-0.15, -0.1) is 11.6 Å². The van der Waals surface area contributed by atoms with E-state index in [4.69, 9.17) is 11.6 Å². The number of anilines is 1. The Hall–Kier alpha value is -0.560. The average molecular weight is 274 g/mol. The van der Waals surface area contributed by atoms with E-state index >= 15 is 0 Å². The van der Waals surface area contributed by atoms with Crippen LogP contribution in [0.1, 0.15) is 12.7 Å². The molecule has 0 saturated carbocycles. The van der Waals surface area contributed by atoms with Crippen LogP contribution < -0.4 is 4.90 Å². The van der Waals surface area contributed by atoms with E-state index in [-0.39, 0.29) is 17.6 Å². The molecule has 0 aromatic carbocycles. The molecule has 0 saturated heterocycles. The van der Waals surface area contributed by atoms with Crippen molar-refractivity contribution >= 4 is 28.3 Å². The Morgan fingerprint density at radius 3 is 2.56 bits per heavy atom. The van der Waals surface area contributed by atoms with Crippen LogP contribution in [-0.2, 0) is 6.42 Å². The Bertz CT molecular complexity index is 329. The van der Waals surface area contributed by atoms with Gasteiger partial charge in [0.15, 0.2) is 0 Å². The average Bonchev–Trinajstić information content (AvgIpc) is 2.63. The van der Waals surface area contributed by atoms with Gasteiger partial charge in [-0.3, -0.25) is 0 Å². The maximum Gasteiger partial charge on any atom is 0.406 e. The predicted octanol–water partition coefficient (Wildman–Crippen LogP) is 2.71. The standard InChI is InChI=1S/C8H11ClF3N3S/c1-2-6-13-7(16-14-6)15(4-3-9)5-8(10,11)12/h2-5H2,1H3. The van der Waals surface area contributed by atoms with E-state index in [9.17, 15) is 13.2 Å². The molecule has 1 heterocycles. The van der Waals surface area contributed by atoms with Crippen molar-refractivity contribution < 1.29 is 13.2 Å². The summed E-state index contributed by atoms with van der Waals surface area (Å²) in [6.45, 7) is 0.916. The van der Waals surface area contributed by atoms with E-state index in [0.717, 1.165) is 16.4 Å². The van der Waals surface area contributed by atoms with Crippen LogP contribution >= 0.6 is 23.1 Å². The first-order valence-corrected chi connectivity index (χ1v) is 5.97. The van der Waals surface area contributed by atoms with Crippen LogP contribution in [0.15, 0.2) is 0 Å². The van der Waals surface area contributed by atoms with Crippen molar-refractivity contribution in [1.29, 1.82) is 0 Å². The molecule has 1 aromatic heterocycles. The number of halogens is 4. The smallest absolute Gasteiger partial charge is 0.337 e. The molecule has 0 radical (unpaired) electrons. The molecule has 0 unspecified atom stereocenters. The predicted molar refractivity (Wildman–Crippen MR) is 58.3 cm³/mol. The zero-order valence-corrected chi connectivity index (χ0v) is 10.2. The molecule has 16 heavy (non-hydrogen) atoms. The van der Waals surface area contributed by atoms with Gasteiger partial charge in [-0.25, -0.2) is 4.98 Å². The van der Waals surface area contributed by atoms with Gasteiger partial charge >= 0.3 is 6.18 Å². The topological polar surface area (TPSA) is 29.0 Å². The van der Waals surface area contributed by atoms with E-state index in [1.807, 2.05) is 6.92 Å². The molecule has 0 spiro atoms. The second kappa shape index (κ2) is 5.67. The summed E-state index contributed by atoms with van der Waals surface area (Å²) in [7, 11) is 0. The Balaban J connectivity index is 2.76. The lowest BCUT2D eigenvalue weighted by molar-refractivity contribution is -0.119. The van der Waals surface area contributed by atoms with Crippen molar-refractivity contribution in [1.82, 2.24) is 9.36 Å². The first-order chi connectivity index (χ1) is 7.46. The third kappa shape index (κ3) is 4.13. The van der Waals surface area contributed by atoms with Crippen molar-refractivity contribution in [3.05, 3.63) is 5.82 Å². The van der Waals surface area contributed by atoms with Crippen molar-refractivity contribution in [2.24, 2.45) is 0 Å². The number of alkyl halides is 4. The molecule has 0 aliphatic rings. The minimum Gasteiger partial charge on any atom is -0.337 e. The van der Waals surface area contributed by atoms with Gasteiger partial charge in [0.05, 0.1) is 0 Å². The fourth-order valence-corrected chi connectivity index (χ4v) is 2.06. The zero-order chi connectivity index (χ0) is 12.2. The van der Waals surface area contributed by atoms with Gasteiger partial charge in [-0.1, -0.05) is 6.92 Å². The number of hydrogen-bond donors (Lipinski definition) is 0. The van der Waals surface area contributed by atoms with Gasteiger partial charge in [0.1, 0.15) is 12.4 Å². The quantitative estimate of drug-likeness (QED) is 0.773. The molecule has 0 aliphatic heterocycles. The zero-order valence-electron chi connectivity index (χ0n) is 8.59. The van der Waals surface area contributed by atoms with Crippen molar-refractivity contribution in [3.63, 3.8) is 0 Å². The highest BCUT2D eigenvalue weighted by atomic mass is 35.5. The maximum atomic E-state index is 12.3. The van der Waals surface area contributed by atoms with Crippen LogP contribution in [0.25, 0.3) is 0 Å². The van der Waals surface area contributed by atoms with Gasteiger partial charge in [0, 0.05) is 30.4 Å². The van der Waals surface area contributed by atoms with Gasteiger partial charge in [-0.05, 0) is 0 Å². The van der Waals surface area contributed by atoms with Gasteiger partial charge in [0.2, 0.25) is 5.13 Å². The summed E-state index contributed by atoms with van der Waals surface area (Å²) in [6.07, 6.45) is -3.65. The van der Waals surface area contributed by atoms with Crippen molar-refractivity contribution in [3.8, 4) is 0 Å². The van der Waals surface area contributed by atoms with Crippen LogP contribution in [0, 0.1) is 0 Å². The Morgan fingerprint density at radius 2 is 2.12 bits per heavy atom. The summed E-state index contributed by atoms with van der Waals surface area (Å²) in [5, 5.41) is 0.273. The van der Waals surface area contributed by atoms with Crippen LogP contribution in [-0.4, -0.2) is 34.5 Å². The van der Waals surface area contributed by atoms with E-state index in [1.54, 1.807) is 0 Å². The van der Waals surface area contributed by atoms with Crippen LogP contribution in [0.5, 0.6) is 0 Å². The fourth-order valence-electron chi connectivity index (χ4n) is 1.08. The number of rotatable bonds is 5. The molecular formula is C8H11ClF3N3S. The third-order valence-electron chi connectivity index (χ3n) is 1.77. The van der Waals surface area contributed by atoms with Crippen molar-refractivity contribution in [2.45, 2.75) is 19.5 Å². The minimum absolute atomic E-state index is 0.111. The normalized spacial score (nSPS) is 11.8. The molecule has 0 N–H and O–H groups in total. The van der Waals surface area contributed by atoms with E-state index in [0.29, 0.717) is 12.2 Å². The highest BCUT2D eigenvalue weighted by Gasteiger charge is 2.31. The summed E-state index contributed by atoms with van der Waals surface area (Å²) in [4.78, 5) is 5.11. The number of aromatic nitrogens is 2. The molecule has 0 atom stereocenters. The lowest BCUT2D eigenvalue weighted by Gasteiger charge is -2.21. The van der Waals surface area contributed by atoms with Gasteiger partial charge in [-0.2, -0.15) is 17.5 Å². The Kier molecular flexibility index (Phi) is 4.79. The molecule has 1 rings (SSSR count). The molecular weight excluding hydrogens is 263 g/mol.